The Bertz CT molecular complexity index is 379. The van der Waals surface area contributed by atoms with E-state index in [1.54, 1.807) is 0 Å². The van der Waals surface area contributed by atoms with Gasteiger partial charge in [0, 0.05) is 38.6 Å². The minimum Gasteiger partial charge on any atom is -0.340 e. The molecule has 0 aromatic rings. The summed E-state index contributed by atoms with van der Waals surface area (Å²) in [5, 5.41) is 0. The molecule has 5 nitrogen and oxygen atoms in total. The van der Waals surface area contributed by atoms with Gasteiger partial charge in [0.25, 0.3) is 0 Å². The van der Waals surface area contributed by atoms with Crippen molar-refractivity contribution >= 4 is 5.91 Å². The number of rotatable bonds is 3. The Kier molecular flexibility index (Phi) is 8.67. The van der Waals surface area contributed by atoms with Gasteiger partial charge in [-0.3, -0.25) is 9.69 Å². The molecule has 3 aliphatic rings. The van der Waals surface area contributed by atoms with E-state index in [4.69, 9.17) is 0 Å². The van der Waals surface area contributed by atoms with Gasteiger partial charge < -0.3 is 14.7 Å². The Morgan fingerprint density at radius 2 is 1.24 bits per heavy atom. The van der Waals surface area contributed by atoms with E-state index < -0.39 is 0 Å². The monoisotopic (exact) mass is 352 g/mol. The molecule has 0 aliphatic carbocycles. The zero-order valence-electron chi connectivity index (χ0n) is 17.0. The Balaban J connectivity index is 0.00000109. The quantitative estimate of drug-likeness (QED) is 0.775. The lowest BCUT2D eigenvalue weighted by Crippen LogP contribution is -2.52. The first-order valence-electron chi connectivity index (χ1n) is 10.5. The highest BCUT2D eigenvalue weighted by Crippen LogP contribution is 2.21. The van der Waals surface area contributed by atoms with Crippen LogP contribution in [0.15, 0.2) is 0 Å². The van der Waals surface area contributed by atoms with Gasteiger partial charge in [-0.1, -0.05) is 13.8 Å². The molecular weight excluding hydrogens is 312 g/mol. The number of hydrogen-bond acceptors (Lipinski definition) is 4. The van der Waals surface area contributed by atoms with Crippen molar-refractivity contribution in [1.29, 1.82) is 0 Å². The van der Waals surface area contributed by atoms with E-state index in [2.05, 4.69) is 33.7 Å². The first-order chi connectivity index (χ1) is 12.1. The maximum Gasteiger partial charge on any atom is 0.225 e. The molecule has 0 atom stereocenters. The van der Waals surface area contributed by atoms with Gasteiger partial charge in [-0.25, -0.2) is 0 Å². The van der Waals surface area contributed by atoms with Crippen molar-refractivity contribution in [3.63, 3.8) is 0 Å². The second kappa shape index (κ2) is 10.5. The molecule has 0 saturated carbocycles. The fourth-order valence-electron chi connectivity index (χ4n) is 4.27. The summed E-state index contributed by atoms with van der Waals surface area (Å²) in [6.45, 7) is 13.9. The molecule has 0 radical (unpaired) electrons. The lowest BCUT2D eigenvalue weighted by Gasteiger charge is -2.40. The van der Waals surface area contributed by atoms with Crippen LogP contribution in [0.3, 0.4) is 0 Å². The molecule has 0 aromatic carbocycles. The maximum atomic E-state index is 12.7. The van der Waals surface area contributed by atoms with Crippen LogP contribution in [-0.4, -0.2) is 98.5 Å². The lowest BCUT2D eigenvalue weighted by molar-refractivity contribution is -0.138. The molecule has 3 saturated heterocycles. The van der Waals surface area contributed by atoms with Crippen molar-refractivity contribution in [2.45, 2.75) is 39.5 Å². The van der Waals surface area contributed by atoms with Crippen LogP contribution in [-0.2, 0) is 4.79 Å². The van der Waals surface area contributed by atoms with E-state index in [1.165, 1.54) is 32.5 Å². The highest BCUT2D eigenvalue weighted by atomic mass is 16.2. The summed E-state index contributed by atoms with van der Waals surface area (Å²) in [6.07, 6.45) is 4.77. The first-order valence-corrected chi connectivity index (χ1v) is 10.5. The van der Waals surface area contributed by atoms with Gasteiger partial charge in [0.2, 0.25) is 5.91 Å². The van der Waals surface area contributed by atoms with Crippen molar-refractivity contribution in [1.82, 2.24) is 19.6 Å². The molecule has 0 N–H and O–H groups in total. The lowest BCUT2D eigenvalue weighted by atomic mass is 9.95. The molecule has 3 heterocycles. The topological polar surface area (TPSA) is 30.0 Å². The summed E-state index contributed by atoms with van der Waals surface area (Å²) in [5.41, 5.74) is 0. The zero-order valence-corrected chi connectivity index (χ0v) is 17.0. The smallest absolute Gasteiger partial charge is 0.225 e. The van der Waals surface area contributed by atoms with Crippen LogP contribution in [0.25, 0.3) is 0 Å². The largest absolute Gasteiger partial charge is 0.340 e. The van der Waals surface area contributed by atoms with Crippen molar-refractivity contribution in [2.75, 3.05) is 73.0 Å². The highest BCUT2D eigenvalue weighted by molar-refractivity contribution is 5.79. The van der Waals surface area contributed by atoms with Crippen molar-refractivity contribution in [3.8, 4) is 0 Å². The molecule has 0 spiro atoms. The number of carbonyl (C=O) groups excluding carboxylic acids is 1. The van der Waals surface area contributed by atoms with Gasteiger partial charge in [-0.05, 0) is 71.9 Å². The summed E-state index contributed by atoms with van der Waals surface area (Å²) >= 11 is 0. The van der Waals surface area contributed by atoms with Crippen LogP contribution in [0.4, 0.5) is 0 Å². The number of nitrogens with zero attached hydrogens (tertiary/aromatic N) is 4. The molecule has 5 heteroatoms. The summed E-state index contributed by atoms with van der Waals surface area (Å²) in [6, 6.07) is 0. The summed E-state index contributed by atoms with van der Waals surface area (Å²) in [4.78, 5) is 22.2. The number of carbonyl (C=O) groups is 1. The molecule has 0 aromatic heterocycles. The van der Waals surface area contributed by atoms with E-state index in [0.717, 1.165) is 58.0 Å². The third-order valence-corrected chi connectivity index (χ3v) is 6.11. The third-order valence-electron chi connectivity index (χ3n) is 6.11. The van der Waals surface area contributed by atoms with Crippen LogP contribution in [0.2, 0.25) is 0 Å². The number of amides is 1. The van der Waals surface area contributed by atoms with Crippen molar-refractivity contribution in [3.05, 3.63) is 0 Å². The van der Waals surface area contributed by atoms with E-state index in [0.29, 0.717) is 5.91 Å². The van der Waals surface area contributed by atoms with Crippen LogP contribution >= 0.6 is 0 Å². The Hall–Kier alpha value is -0.650. The standard InChI is InChI=1S/C18H34N4O.C2H6/c1-19-7-3-16(4-8-19)15-21-11-13-22(14-12-21)18(23)17-5-9-20(2)10-6-17;1-2/h16-17H,3-15H2,1-2H3;1-2H3. The van der Waals surface area contributed by atoms with Crippen molar-refractivity contribution in [2.24, 2.45) is 11.8 Å². The summed E-state index contributed by atoms with van der Waals surface area (Å²) in [5.74, 6) is 1.58. The molecule has 3 rings (SSSR count). The minimum absolute atomic E-state index is 0.284. The Labute approximate surface area is 155 Å². The van der Waals surface area contributed by atoms with Crippen LogP contribution in [0.5, 0.6) is 0 Å². The fourth-order valence-corrected chi connectivity index (χ4v) is 4.27. The number of piperazine rings is 1. The average Bonchev–Trinajstić information content (AvgIpc) is 2.66. The van der Waals surface area contributed by atoms with Gasteiger partial charge in [-0.2, -0.15) is 0 Å². The fraction of sp³-hybridized carbons (Fsp3) is 0.950. The number of hydrogen-bond donors (Lipinski definition) is 0. The Morgan fingerprint density at radius 1 is 0.760 bits per heavy atom. The van der Waals surface area contributed by atoms with E-state index in [1.807, 2.05) is 13.8 Å². The highest BCUT2D eigenvalue weighted by Gasteiger charge is 2.30. The van der Waals surface area contributed by atoms with Crippen LogP contribution < -0.4 is 0 Å². The molecule has 0 bridgehead atoms. The first kappa shape index (κ1) is 20.7. The van der Waals surface area contributed by atoms with E-state index in [9.17, 15) is 4.79 Å². The molecule has 0 unspecified atom stereocenters. The maximum absolute atomic E-state index is 12.7. The van der Waals surface area contributed by atoms with Crippen molar-refractivity contribution < 1.29 is 4.79 Å². The predicted molar refractivity (Wildman–Crippen MR) is 105 cm³/mol. The van der Waals surface area contributed by atoms with Crippen LogP contribution in [0, 0.1) is 11.8 Å². The van der Waals surface area contributed by atoms with Crippen LogP contribution in [0.1, 0.15) is 39.5 Å². The van der Waals surface area contributed by atoms with Gasteiger partial charge in [0.05, 0.1) is 0 Å². The van der Waals surface area contributed by atoms with Gasteiger partial charge in [0.15, 0.2) is 0 Å². The van der Waals surface area contributed by atoms with Gasteiger partial charge >= 0.3 is 0 Å². The zero-order chi connectivity index (χ0) is 18.2. The summed E-state index contributed by atoms with van der Waals surface area (Å²) in [7, 11) is 4.38. The molecule has 25 heavy (non-hydrogen) atoms. The van der Waals surface area contributed by atoms with E-state index in [-0.39, 0.29) is 5.92 Å². The SMILES string of the molecule is CC.CN1CCC(CN2CCN(C(=O)C3CCN(C)CC3)CC2)CC1. The average molecular weight is 353 g/mol. The van der Waals surface area contributed by atoms with Gasteiger partial charge in [0.1, 0.15) is 0 Å². The number of likely N-dealkylation sites (tertiary alicyclic amines) is 2. The molecular formula is C20H40N4O. The molecule has 1 amide bonds. The second-order valence-corrected chi connectivity index (χ2v) is 7.95. The van der Waals surface area contributed by atoms with E-state index >= 15 is 0 Å². The minimum atomic E-state index is 0.284. The molecule has 146 valence electrons. The third kappa shape index (κ3) is 6.22. The van der Waals surface area contributed by atoms with Gasteiger partial charge in [-0.15, -0.1) is 0 Å². The number of piperidine rings is 2. The molecule has 3 fully saturated rings. The predicted octanol–water partition coefficient (Wildman–Crippen LogP) is 1.84. The summed E-state index contributed by atoms with van der Waals surface area (Å²) < 4.78 is 0. The Morgan fingerprint density at radius 3 is 1.76 bits per heavy atom. The normalized spacial score (nSPS) is 25.5. The second-order valence-electron chi connectivity index (χ2n) is 7.95. The molecule has 3 aliphatic heterocycles.